The third kappa shape index (κ3) is 3.81. The fraction of sp³-hybridized carbons (Fsp3) is 0.571. The fourth-order valence-electron chi connectivity index (χ4n) is 2.52. The fourth-order valence-corrected chi connectivity index (χ4v) is 2.52. The Kier molecular flexibility index (Phi) is 6.55. The van der Waals surface area contributed by atoms with Crippen molar-refractivity contribution in [2.75, 3.05) is 40.0 Å². The highest BCUT2D eigenvalue weighted by molar-refractivity contribution is 5.85. The van der Waals surface area contributed by atoms with Crippen molar-refractivity contribution in [3.8, 4) is 5.75 Å². The lowest BCUT2D eigenvalue weighted by atomic mass is 10.00. The first-order valence-corrected chi connectivity index (χ1v) is 6.41. The molecule has 1 N–H and O–H groups in total. The second-order valence-electron chi connectivity index (χ2n) is 4.68. The molecule has 0 saturated carbocycles. The maximum Gasteiger partial charge on any atom is 0.119 e. The lowest BCUT2D eigenvalue weighted by molar-refractivity contribution is 0.147. The molecule has 1 aliphatic heterocycles. The third-order valence-electron chi connectivity index (χ3n) is 3.57. The zero-order valence-electron chi connectivity index (χ0n) is 11.5. The minimum atomic E-state index is -0.340. The molecule has 1 aliphatic rings. The van der Waals surface area contributed by atoms with Crippen LogP contribution in [-0.2, 0) is 0 Å². The number of nitrogens with zero attached hydrogens (tertiary/aromatic N) is 1. The van der Waals surface area contributed by atoms with Crippen LogP contribution in [0.15, 0.2) is 18.2 Å². The summed E-state index contributed by atoms with van der Waals surface area (Å²) in [5.74, 6) is 0.828. The van der Waals surface area contributed by atoms with E-state index in [4.69, 9.17) is 4.74 Å². The molecule has 0 amide bonds. The quantitative estimate of drug-likeness (QED) is 0.920. The van der Waals surface area contributed by atoms with Crippen LogP contribution >= 0.6 is 12.4 Å². The number of methoxy groups -OCH3 is 1. The van der Waals surface area contributed by atoms with Crippen molar-refractivity contribution >= 4 is 12.4 Å². The van der Waals surface area contributed by atoms with Crippen LogP contribution in [0.1, 0.15) is 17.2 Å². The van der Waals surface area contributed by atoms with Gasteiger partial charge >= 0.3 is 0 Å². The van der Waals surface area contributed by atoms with Gasteiger partial charge in [0.05, 0.1) is 13.2 Å². The number of halogens is 2. The van der Waals surface area contributed by atoms with Gasteiger partial charge in [0.15, 0.2) is 0 Å². The van der Waals surface area contributed by atoms with E-state index in [1.165, 1.54) is 0 Å². The molecular formula is C14H22ClFN2O. The van der Waals surface area contributed by atoms with Gasteiger partial charge in [-0.25, -0.2) is 4.39 Å². The Balaban J connectivity index is 0.00000180. The Bertz CT molecular complexity index is 397. The van der Waals surface area contributed by atoms with E-state index in [0.29, 0.717) is 0 Å². The number of hydrogen-bond acceptors (Lipinski definition) is 3. The van der Waals surface area contributed by atoms with Crippen LogP contribution in [0.25, 0.3) is 0 Å². The highest BCUT2D eigenvalue weighted by atomic mass is 35.5. The lowest BCUT2D eigenvalue weighted by Gasteiger charge is -2.34. The van der Waals surface area contributed by atoms with E-state index in [9.17, 15) is 4.39 Å². The van der Waals surface area contributed by atoms with Crippen LogP contribution in [0, 0.1) is 6.92 Å². The second-order valence-corrected chi connectivity index (χ2v) is 4.68. The number of hydrogen-bond donors (Lipinski definition) is 1. The summed E-state index contributed by atoms with van der Waals surface area (Å²) in [5.41, 5.74) is 2.16. The van der Waals surface area contributed by atoms with Crippen molar-refractivity contribution in [1.29, 1.82) is 0 Å². The van der Waals surface area contributed by atoms with Gasteiger partial charge in [0.25, 0.3) is 0 Å². The lowest BCUT2D eigenvalue weighted by Crippen LogP contribution is -2.45. The highest BCUT2D eigenvalue weighted by Crippen LogP contribution is 2.27. The normalized spacial score (nSPS) is 17.6. The summed E-state index contributed by atoms with van der Waals surface area (Å²) in [6.45, 7) is 5.35. The number of benzene rings is 1. The molecule has 1 heterocycles. The second kappa shape index (κ2) is 7.68. The summed E-state index contributed by atoms with van der Waals surface area (Å²) >= 11 is 0. The number of nitrogens with one attached hydrogen (secondary N) is 1. The first kappa shape index (κ1) is 16.2. The van der Waals surface area contributed by atoms with Gasteiger partial charge in [0.1, 0.15) is 12.4 Å². The largest absolute Gasteiger partial charge is 0.497 e. The van der Waals surface area contributed by atoms with Crippen LogP contribution in [0.4, 0.5) is 4.39 Å². The van der Waals surface area contributed by atoms with E-state index >= 15 is 0 Å². The van der Waals surface area contributed by atoms with Gasteiger partial charge < -0.3 is 10.1 Å². The molecule has 1 atom stereocenters. The van der Waals surface area contributed by atoms with Gasteiger partial charge in [0.2, 0.25) is 0 Å². The van der Waals surface area contributed by atoms with Crippen LogP contribution < -0.4 is 10.1 Å². The zero-order chi connectivity index (χ0) is 13.0. The monoisotopic (exact) mass is 288 g/mol. The van der Waals surface area contributed by atoms with Gasteiger partial charge in [-0.1, -0.05) is 6.07 Å². The van der Waals surface area contributed by atoms with Crippen molar-refractivity contribution in [2.45, 2.75) is 13.0 Å². The molecule has 0 aromatic heterocycles. The van der Waals surface area contributed by atoms with E-state index in [0.717, 1.165) is 43.1 Å². The Morgan fingerprint density at radius 1 is 1.37 bits per heavy atom. The molecule has 19 heavy (non-hydrogen) atoms. The third-order valence-corrected chi connectivity index (χ3v) is 3.57. The number of aryl methyl sites for hydroxylation is 1. The molecule has 0 aliphatic carbocycles. The molecule has 0 unspecified atom stereocenters. The van der Waals surface area contributed by atoms with E-state index in [1.807, 2.05) is 25.1 Å². The maximum atomic E-state index is 13.4. The van der Waals surface area contributed by atoms with E-state index < -0.39 is 0 Å². The average Bonchev–Trinajstić information content (AvgIpc) is 2.42. The van der Waals surface area contributed by atoms with Crippen molar-refractivity contribution in [3.05, 3.63) is 29.3 Å². The number of rotatable bonds is 4. The number of piperazine rings is 1. The van der Waals surface area contributed by atoms with Gasteiger partial charge in [-0.15, -0.1) is 12.4 Å². The minimum absolute atomic E-state index is 0. The molecular weight excluding hydrogens is 267 g/mol. The molecule has 1 aromatic carbocycles. The first-order valence-electron chi connectivity index (χ1n) is 6.41. The van der Waals surface area contributed by atoms with Crippen molar-refractivity contribution in [3.63, 3.8) is 0 Å². The summed E-state index contributed by atoms with van der Waals surface area (Å²) in [4.78, 5) is 2.21. The highest BCUT2D eigenvalue weighted by Gasteiger charge is 2.23. The number of alkyl halides is 1. The zero-order valence-corrected chi connectivity index (χ0v) is 12.3. The summed E-state index contributed by atoms with van der Waals surface area (Å²) in [6, 6.07) is 5.74. The van der Waals surface area contributed by atoms with Crippen LogP contribution in [0.3, 0.4) is 0 Å². The Labute approximate surface area is 120 Å². The predicted octanol–water partition coefficient (Wildman–Crippen LogP) is 2.34. The maximum absolute atomic E-state index is 13.4. The smallest absolute Gasteiger partial charge is 0.119 e. The first-order chi connectivity index (χ1) is 8.76. The molecule has 3 nitrogen and oxygen atoms in total. The molecule has 0 bridgehead atoms. The molecule has 108 valence electrons. The Hall–Kier alpha value is -0.840. The van der Waals surface area contributed by atoms with Crippen LogP contribution in [0.2, 0.25) is 0 Å². The summed E-state index contributed by atoms with van der Waals surface area (Å²) in [6.07, 6.45) is 0. The summed E-state index contributed by atoms with van der Waals surface area (Å²) in [7, 11) is 1.65. The Morgan fingerprint density at radius 2 is 2.05 bits per heavy atom. The molecule has 0 spiro atoms. The standard InChI is InChI=1S/C14H21FN2O.ClH/c1-11-9-12(18-2)3-4-13(11)14(10-15)17-7-5-16-6-8-17;/h3-4,9,14,16H,5-8,10H2,1-2H3;1H/t14-;/m0./s1. The van der Waals surface area contributed by atoms with Crippen molar-refractivity contribution in [1.82, 2.24) is 10.2 Å². The topological polar surface area (TPSA) is 24.5 Å². The molecule has 5 heteroatoms. The van der Waals surface area contributed by atoms with Crippen molar-refractivity contribution in [2.24, 2.45) is 0 Å². The minimum Gasteiger partial charge on any atom is -0.497 e. The van der Waals surface area contributed by atoms with E-state index in [1.54, 1.807) is 7.11 Å². The summed E-state index contributed by atoms with van der Waals surface area (Å²) in [5, 5.41) is 3.29. The average molecular weight is 289 g/mol. The SMILES string of the molecule is COc1ccc([C@H](CF)N2CCNCC2)c(C)c1.Cl. The van der Waals surface area contributed by atoms with Crippen molar-refractivity contribution < 1.29 is 9.13 Å². The molecule has 2 rings (SSSR count). The van der Waals surface area contributed by atoms with Gasteiger partial charge in [-0.2, -0.15) is 0 Å². The summed E-state index contributed by atoms with van der Waals surface area (Å²) < 4.78 is 18.6. The van der Waals surface area contributed by atoms with Crippen LogP contribution in [-0.4, -0.2) is 44.9 Å². The molecule has 1 saturated heterocycles. The van der Waals surface area contributed by atoms with E-state index in [-0.39, 0.29) is 25.1 Å². The van der Waals surface area contributed by atoms with Gasteiger partial charge in [0, 0.05) is 26.2 Å². The van der Waals surface area contributed by atoms with Gasteiger partial charge in [-0.05, 0) is 30.2 Å². The van der Waals surface area contributed by atoms with E-state index in [2.05, 4.69) is 10.2 Å². The molecule has 1 fully saturated rings. The Morgan fingerprint density at radius 3 is 2.58 bits per heavy atom. The molecule has 0 radical (unpaired) electrons. The van der Waals surface area contributed by atoms with Gasteiger partial charge in [-0.3, -0.25) is 4.90 Å². The number of ether oxygens (including phenoxy) is 1. The van der Waals surface area contributed by atoms with Crippen LogP contribution in [0.5, 0.6) is 5.75 Å². The molecule has 1 aromatic rings. The predicted molar refractivity (Wildman–Crippen MR) is 78.1 cm³/mol.